The zero-order chi connectivity index (χ0) is 12.8. The van der Waals surface area contributed by atoms with Gasteiger partial charge in [-0.1, -0.05) is 15.9 Å². The van der Waals surface area contributed by atoms with Crippen LogP contribution >= 0.6 is 15.9 Å². The SMILES string of the molecule is N=C1C=CC(N)=CC1=[NH2+].Nc1ccc(Br)cc1. The molecule has 7 N–H and O–H groups in total. The van der Waals surface area contributed by atoms with Crippen LogP contribution in [0, 0.1) is 5.41 Å². The van der Waals surface area contributed by atoms with Crippen LogP contribution in [0.4, 0.5) is 5.69 Å². The fourth-order valence-electron chi connectivity index (χ4n) is 1.04. The summed E-state index contributed by atoms with van der Waals surface area (Å²) in [6.45, 7) is 0. The highest BCUT2D eigenvalue weighted by Gasteiger charge is 2.07. The van der Waals surface area contributed by atoms with Gasteiger partial charge in [0, 0.05) is 21.9 Å². The molecule has 0 aliphatic heterocycles. The standard InChI is InChI=1S/C6H6BrN.C6H7N3/c7-5-1-3-6(8)4-2-5;7-4-1-2-5(8)6(9)3-4/h1-4H,8H2;1-3,8-9H,7H2/p+1. The first kappa shape index (κ1) is 13.2. The number of hydrogen-bond acceptors (Lipinski definition) is 3. The van der Waals surface area contributed by atoms with Gasteiger partial charge in [-0.25, -0.2) is 0 Å². The number of nitrogens with one attached hydrogen (secondary N) is 1. The van der Waals surface area contributed by atoms with E-state index in [1.54, 1.807) is 18.2 Å². The second-order valence-electron chi connectivity index (χ2n) is 3.40. The molecule has 0 spiro atoms. The molecule has 88 valence electrons. The van der Waals surface area contributed by atoms with Crippen LogP contribution in [0.3, 0.4) is 0 Å². The average molecular weight is 294 g/mol. The summed E-state index contributed by atoms with van der Waals surface area (Å²) in [6.07, 6.45) is 4.80. The van der Waals surface area contributed by atoms with Gasteiger partial charge < -0.3 is 11.5 Å². The molecule has 1 aliphatic rings. The third kappa shape index (κ3) is 4.65. The van der Waals surface area contributed by atoms with E-state index in [9.17, 15) is 0 Å². The minimum absolute atomic E-state index is 0.323. The van der Waals surface area contributed by atoms with Crippen molar-refractivity contribution in [3.8, 4) is 0 Å². The van der Waals surface area contributed by atoms with Gasteiger partial charge in [0.15, 0.2) is 0 Å². The Hall–Kier alpha value is -1.88. The monoisotopic (exact) mass is 293 g/mol. The van der Waals surface area contributed by atoms with E-state index in [4.69, 9.17) is 22.3 Å². The minimum Gasteiger partial charge on any atom is -0.399 e. The number of nitrogen functional groups attached to an aromatic ring is 1. The first-order valence-electron chi connectivity index (χ1n) is 4.86. The highest BCUT2D eigenvalue weighted by Crippen LogP contribution is 2.10. The van der Waals surface area contributed by atoms with Gasteiger partial charge in [-0.3, -0.25) is 10.8 Å². The lowest BCUT2D eigenvalue weighted by Gasteiger charge is -1.97. The highest BCUT2D eigenvalue weighted by molar-refractivity contribution is 9.10. The maximum Gasteiger partial charge on any atom is 0.223 e. The number of allylic oxidation sites excluding steroid dienone is 3. The molecular weight excluding hydrogens is 280 g/mol. The van der Waals surface area contributed by atoms with E-state index in [-0.39, 0.29) is 0 Å². The Morgan fingerprint density at radius 2 is 1.65 bits per heavy atom. The topological polar surface area (TPSA) is 101 Å². The van der Waals surface area contributed by atoms with E-state index in [0.29, 0.717) is 17.1 Å². The van der Waals surface area contributed by atoms with Crippen molar-refractivity contribution in [2.45, 2.75) is 0 Å². The average Bonchev–Trinajstić information content (AvgIpc) is 2.29. The summed E-state index contributed by atoms with van der Waals surface area (Å²) in [7, 11) is 0. The van der Waals surface area contributed by atoms with E-state index in [2.05, 4.69) is 15.9 Å². The molecule has 0 aromatic heterocycles. The van der Waals surface area contributed by atoms with Crippen LogP contribution in [0.2, 0.25) is 0 Å². The summed E-state index contributed by atoms with van der Waals surface area (Å²) in [5, 5.41) is 12.5. The predicted molar refractivity (Wildman–Crippen MR) is 74.6 cm³/mol. The number of anilines is 1. The van der Waals surface area contributed by atoms with E-state index in [0.717, 1.165) is 10.2 Å². The van der Waals surface area contributed by atoms with E-state index >= 15 is 0 Å². The molecule has 0 saturated heterocycles. The molecule has 0 amide bonds. The summed E-state index contributed by atoms with van der Waals surface area (Å²) < 4.78 is 1.06. The normalized spacial score (nSPS) is 13.8. The lowest BCUT2D eigenvalue weighted by molar-refractivity contribution is -0.108. The first-order chi connectivity index (χ1) is 7.99. The Morgan fingerprint density at radius 1 is 1.06 bits per heavy atom. The molecule has 2 rings (SSSR count). The summed E-state index contributed by atoms with van der Waals surface area (Å²) in [5.74, 6) is 0. The molecule has 4 nitrogen and oxygen atoms in total. The van der Waals surface area contributed by atoms with Crippen molar-refractivity contribution in [1.29, 1.82) is 5.41 Å². The molecule has 0 fully saturated rings. The number of rotatable bonds is 0. The lowest BCUT2D eigenvalue weighted by atomic mass is 10.1. The third-order valence-corrected chi connectivity index (χ3v) is 2.47. The van der Waals surface area contributed by atoms with Gasteiger partial charge in [-0.2, -0.15) is 0 Å². The molecule has 5 heteroatoms. The fourth-order valence-corrected chi connectivity index (χ4v) is 1.31. The highest BCUT2D eigenvalue weighted by atomic mass is 79.9. The van der Waals surface area contributed by atoms with Crippen molar-refractivity contribution in [3.05, 3.63) is 52.7 Å². The minimum atomic E-state index is 0.323. The van der Waals surface area contributed by atoms with Crippen molar-refractivity contribution in [3.63, 3.8) is 0 Å². The number of benzene rings is 1. The van der Waals surface area contributed by atoms with Gasteiger partial charge in [0.05, 0.1) is 0 Å². The van der Waals surface area contributed by atoms with Crippen molar-refractivity contribution in [2.75, 3.05) is 5.73 Å². The quantitative estimate of drug-likeness (QED) is 0.417. The van der Waals surface area contributed by atoms with Gasteiger partial charge in [-0.05, 0) is 36.4 Å². The number of halogens is 1. The van der Waals surface area contributed by atoms with Crippen LogP contribution in [-0.2, 0) is 0 Å². The second-order valence-corrected chi connectivity index (χ2v) is 4.31. The zero-order valence-electron chi connectivity index (χ0n) is 9.15. The zero-order valence-corrected chi connectivity index (χ0v) is 10.7. The van der Waals surface area contributed by atoms with E-state index in [1.807, 2.05) is 24.3 Å². The van der Waals surface area contributed by atoms with Crippen LogP contribution in [-0.4, -0.2) is 11.4 Å². The third-order valence-electron chi connectivity index (χ3n) is 1.95. The maximum atomic E-state index is 7.14. The molecule has 1 aromatic carbocycles. The van der Waals surface area contributed by atoms with Crippen LogP contribution in [0.1, 0.15) is 0 Å². The first-order valence-corrected chi connectivity index (χ1v) is 5.66. The van der Waals surface area contributed by atoms with Crippen LogP contribution in [0.15, 0.2) is 52.7 Å². The van der Waals surface area contributed by atoms with E-state index in [1.165, 1.54) is 0 Å². The lowest BCUT2D eigenvalue weighted by Crippen LogP contribution is -2.44. The maximum absolute atomic E-state index is 7.14. The smallest absolute Gasteiger partial charge is 0.223 e. The van der Waals surface area contributed by atoms with Crippen molar-refractivity contribution >= 4 is 33.0 Å². The molecule has 1 aromatic rings. The molecule has 0 radical (unpaired) electrons. The summed E-state index contributed by atoms with van der Waals surface area (Å²) in [5.41, 5.74) is 12.9. The molecule has 1 aliphatic carbocycles. The Bertz CT molecular complexity index is 465. The van der Waals surface area contributed by atoms with Gasteiger partial charge in [0.25, 0.3) is 0 Å². The van der Waals surface area contributed by atoms with Crippen molar-refractivity contribution < 1.29 is 5.41 Å². The summed E-state index contributed by atoms with van der Waals surface area (Å²) in [4.78, 5) is 0. The Kier molecular flexibility index (Phi) is 4.66. The molecule has 0 bridgehead atoms. The Labute approximate surface area is 108 Å². The summed E-state index contributed by atoms with van der Waals surface area (Å²) >= 11 is 3.29. The molecule has 0 heterocycles. The Balaban J connectivity index is 0.000000171. The number of nitrogens with two attached hydrogens (primary N) is 3. The molecule has 0 unspecified atom stereocenters. The molecule has 17 heavy (non-hydrogen) atoms. The van der Waals surface area contributed by atoms with Crippen LogP contribution in [0.25, 0.3) is 0 Å². The van der Waals surface area contributed by atoms with Crippen LogP contribution in [0.5, 0.6) is 0 Å². The largest absolute Gasteiger partial charge is 0.399 e. The number of hydrogen-bond donors (Lipinski definition) is 4. The Morgan fingerprint density at radius 3 is 2.06 bits per heavy atom. The fraction of sp³-hybridized carbons (Fsp3) is 0. The predicted octanol–water partition coefficient (Wildman–Crippen LogP) is 0.650. The van der Waals surface area contributed by atoms with Gasteiger partial charge in [0.2, 0.25) is 5.71 Å². The van der Waals surface area contributed by atoms with Gasteiger partial charge >= 0.3 is 0 Å². The van der Waals surface area contributed by atoms with E-state index < -0.39 is 0 Å². The van der Waals surface area contributed by atoms with Crippen LogP contribution < -0.4 is 16.9 Å². The van der Waals surface area contributed by atoms with Crippen molar-refractivity contribution in [1.82, 2.24) is 0 Å². The second kappa shape index (κ2) is 6.00. The van der Waals surface area contributed by atoms with Gasteiger partial charge in [0.1, 0.15) is 5.71 Å². The molecular formula is C12H14BrN4+. The molecule has 0 atom stereocenters. The van der Waals surface area contributed by atoms with Gasteiger partial charge in [-0.15, -0.1) is 0 Å². The summed E-state index contributed by atoms with van der Waals surface area (Å²) in [6, 6.07) is 7.53. The van der Waals surface area contributed by atoms with Crippen molar-refractivity contribution in [2.24, 2.45) is 5.73 Å². The molecule has 0 saturated carbocycles.